The Balaban J connectivity index is 0.00000128. The van der Waals surface area contributed by atoms with Gasteiger partial charge in [-0.3, -0.25) is 4.79 Å². The molecule has 82 valence electrons. The summed E-state index contributed by atoms with van der Waals surface area (Å²) in [5, 5.41) is 0. The molecule has 16 heavy (non-hydrogen) atoms. The number of carbonyl (C=O) groups is 1. The van der Waals surface area contributed by atoms with Gasteiger partial charge in [0.2, 0.25) is 5.78 Å². The minimum atomic E-state index is 0. The summed E-state index contributed by atoms with van der Waals surface area (Å²) in [6, 6.07) is 11.1. The average Bonchev–Trinajstić information content (AvgIpc) is 2.31. The standard InChI is InChI=1S/C12H11N2O.BrH/c15-12(11-5-2-1-3-6-11)9-14-8-4-7-13-10-14;/h1-8,10H,9H2;1H/q+1;/p-1. The molecule has 1 aromatic carbocycles. The van der Waals surface area contributed by atoms with E-state index in [1.165, 1.54) is 0 Å². The molecule has 0 saturated heterocycles. The molecule has 0 saturated carbocycles. The van der Waals surface area contributed by atoms with Gasteiger partial charge >= 0.3 is 0 Å². The van der Waals surface area contributed by atoms with Crippen LogP contribution in [-0.4, -0.2) is 10.8 Å². The summed E-state index contributed by atoms with van der Waals surface area (Å²) in [5.74, 6) is 0.0913. The van der Waals surface area contributed by atoms with Crippen LogP contribution in [0.25, 0.3) is 0 Å². The third-order valence-electron chi connectivity index (χ3n) is 2.09. The first kappa shape index (κ1) is 12.5. The predicted molar refractivity (Wildman–Crippen MR) is 55.2 cm³/mol. The van der Waals surface area contributed by atoms with Gasteiger partial charge in [-0.1, -0.05) is 35.3 Å². The first-order valence-electron chi connectivity index (χ1n) is 4.73. The molecule has 2 aromatic rings. The first-order valence-corrected chi connectivity index (χ1v) is 4.73. The fraction of sp³-hybridized carbons (Fsp3) is 0.0833. The second-order valence-electron chi connectivity index (χ2n) is 3.22. The Hall–Kier alpha value is -1.55. The largest absolute Gasteiger partial charge is 1.00 e. The molecule has 0 aliphatic carbocycles. The molecule has 0 amide bonds. The predicted octanol–water partition coefficient (Wildman–Crippen LogP) is -1.74. The summed E-state index contributed by atoms with van der Waals surface area (Å²) in [4.78, 5) is 15.7. The van der Waals surface area contributed by atoms with Crippen molar-refractivity contribution in [1.82, 2.24) is 4.98 Å². The summed E-state index contributed by atoms with van der Waals surface area (Å²) in [7, 11) is 0. The number of ketones is 1. The molecule has 0 unspecified atom stereocenters. The van der Waals surface area contributed by atoms with Crippen molar-refractivity contribution in [1.29, 1.82) is 0 Å². The van der Waals surface area contributed by atoms with Crippen LogP contribution in [0.3, 0.4) is 0 Å². The maximum atomic E-state index is 11.8. The quantitative estimate of drug-likeness (QED) is 0.493. The Morgan fingerprint density at radius 3 is 2.56 bits per heavy atom. The van der Waals surface area contributed by atoms with Gasteiger partial charge in [0.25, 0.3) is 6.33 Å². The van der Waals surface area contributed by atoms with E-state index in [0.29, 0.717) is 6.54 Å². The molecule has 1 aromatic heterocycles. The van der Waals surface area contributed by atoms with Crippen molar-refractivity contribution in [2.24, 2.45) is 0 Å². The van der Waals surface area contributed by atoms with E-state index < -0.39 is 0 Å². The molecule has 0 atom stereocenters. The zero-order valence-electron chi connectivity index (χ0n) is 8.58. The fourth-order valence-electron chi connectivity index (χ4n) is 1.34. The summed E-state index contributed by atoms with van der Waals surface area (Å²) < 4.78 is 1.76. The lowest BCUT2D eigenvalue weighted by Crippen LogP contribution is -3.00. The Kier molecular flexibility index (Phi) is 4.79. The van der Waals surface area contributed by atoms with Crippen LogP contribution in [-0.2, 0) is 6.54 Å². The van der Waals surface area contributed by atoms with Gasteiger partial charge < -0.3 is 17.0 Å². The number of Topliss-reactive ketones (excluding diaryl/α,β-unsaturated/α-hetero) is 1. The van der Waals surface area contributed by atoms with Crippen molar-refractivity contribution in [2.75, 3.05) is 0 Å². The van der Waals surface area contributed by atoms with Gasteiger partial charge in [-0.25, -0.2) is 4.57 Å². The van der Waals surface area contributed by atoms with E-state index in [2.05, 4.69) is 4.98 Å². The van der Waals surface area contributed by atoms with E-state index in [4.69, 9.17) is 0 Å². The normalized spacial score (nSPS) is 9.25. The minimum Gasteiger partial charge on any atom is -1.00 e. The van der Waals surface area contributed by atoms with E-state index in [9.17, 15) is 4.79 Å². The molecule has 0 fully saturated rings. The molecule has 0 N–H and O–H groups in total. The summed E-state index contributed by atoms with van der Waals surface area (Å²) >= 11 is 0. The lowest BCUT2D eigenvalue weighted by Gasteiger charge is -1.98. The number of hydrogen-bond acceptors (Lipinski definition) is 2. The van der Waals surface area contributed by atoms with Gasteiger partial charge in [0.15, 0.2) is 6.54 Å². The Bertz CT molecular complexity index is 445. The van der Waals surface area contributed by atoms with Gasteiger partial charge in [0.05, 0.1) is 6.20 Å². The second-order valence-corrected chi connectivity index (χ2v) is 3.22. The summed E-state index contributed by atoms with van der Waals surface area (Å²) in [6.07, 6.45) is 5.15. The molecule has 3 nitrogen and oxygen atoms in total. The van der Waals surface area contributed by atoms with Crippen LogP contribution in [0.15, 0.2) is 55.1 Å². The zero-order chi connectivity index (χ0) is 10.5. The van der Waals surface area contributed by atoms with E-state index in [1.807, 2.05) is 36.5 Å². The molecule has 0 bridgehead atoms. The maximum Gasteiger partial charge on any atom is 0.286 e. The van der Waals surface area contributed by atoms with Gasteiger partial charge in [-0.2, -0.15) is 0 Å². The molecule has 0 radical (unpaired) electrons. The third kappa shape index (κ3) is 3.24. The molecular weight excluding hydrogens is 268 g/mol. The van der Waals surface area contributed by atoms with Crippen LogP contribution >= 0.6 is 0 Å². The number of carbonyl (C=O) groups excluding carboxylic acids is 1. The van der Waals surface area contributed by atoms with Crippen molar-refractivity contribution in [2.45, 2.75) is 6.54 Å². The number of nitrogens with zero attached hydrogens (tertiary/aromatic N) is 2. The Morgan fingerprint density at radius 2 is 1.94 bits per heavy atom. The summed E-state index contributed by atoms with van der Waals surface area (Å²) in [6.45, 7) is 0.331. The van der Waals surface area contributed by atoms with E-state index >= 15 is 0 Å². The van der Waals surface area contributed by atoms with Crippen LogP contribution < -0.4 is 21.5 Å². The molecule has 2 rings (SSSR count). The van der Waals surface area contributed by atoms with Gasteiger partial charge in [-0.05, 0) is 0 Å². The number of rotatable bonds is 3. The van der Waals surface area contributed by atoms with Crippen LogP contribution in [0, 0.1) is 0 Å². The maximum absolute atomic E-state index is 11.8. The van der Waals surface area contributed by atoms with Crippen molar-refractivity contribution >= 4 is 5.78 Å². The number of aromatic nitrogens is 2. The minimum absolute atomic E-state index is 0. The van der Waals surface area contributed by atoms with E-state index in [-0.39, 0.29) is 22.8 Å². The van der Waals surface area contributed by atoms with E-state index in [0.717, 1.165) is 5.56 Å². The molecular formula is C12H11BrN2O. The Labute approximate surface area is 105 Å². The number of halogens is 1. The van der Waals surface area contributed by atoms with Gasteiger partial charge in [-0.15, -0.1) is 0 Å². The highest BCUT2D eigenvalue weighted by molar-refractivity contribution is 5.94. The zero-order valence-corrected chi connectivity index (χ0v) is 10.2. The van der Waals surface area contributed by atoms with Crippen LogP contribution in [0.4, 0.5) is 0 Å². The highest BCUT2D eigenvalue weighted by atomic mass is 79.9. The van der Waals surface area contributed by atoms with Crippen LogP contribution in [0.1, 0.15) is 10.4 Å². The fourth-order valence-corrected chi connectivity index (χ4v) is 1.34. The van der Waals surface area contributed by atoms with Gasteiger partial charge in [0.1, 0.15) is 6.20 Å². The lowest BCUT2D eigenvalue weighted by atomic mass is 10.1. The first-order chi connectivity index (χ1) is 7.36. The molecule has 0 spiro atoms. The SMILES string of the molecule is O=C(C[n+]1cccnc1)c1ccccc1.[Br-]. The molecule has 1 heterocycles. The summed E-state index contributed by atoms with van der Waals surface area (Å²) in [5.41, 5.74) is 0.730. The van der Waals surface area contributed by atoms with E-state index in [1.54, 1.807) is 23.2 Å². The van der Waals surface area contributed by atoms with Crippen molar-refractivity contribution < 1.29 is 26.3 Å². The highest BCUT2D eigenvalue weighted by Gasteiger charge is 2.08. The van der Waals surface area contributed by atoms with Crippen molar-refractivity contribution in [3.05, 3.63) is 60.7 Å². The smallest absolute Gasteiger partial charge is 0.286 e. The van der Waals surface area contributed by atoms with Crippen LogP contribution in [0.2, 0.25) is 0 Å². The monoisotopic (exact) mass is 278 g/mol. The Morgan fingerprint density at radius 1 is 1.19 bits per heavy atom. The third-order valence-corrected chi connectivity index (χ3v) is 2.09. The topological polar surface area (TPSA) is 33.8 Å². The second kappa shape index (κ2) is 6.12. The molecule has 4 heteroatoms. The van der Waals surface area contributed by atoms with Crippen molar-refractivity contribution in [3.63, 3.8) is 0 Å². The number of benzene rings is 1. The average molecular weight is 279 g/mol. The van der Waals surface area contributed by atoms with Gasteiger partial charge in [0, 0.05) is 11.6 Å². The highest BCUT2D eigenvalue weighted by Crippen LogP contribution is 1.99. The lowest BCUT2D eigenvalue weighted by molar-refractivity contribution is -0.686. The molecule has 0 aliphatic rings. The number of hydrogen-bond donors (Lipinski definition) is 0. The molecule has 0 aliphatic heterocycles. The van der Waals surface area contributed by atoms with Crippen molar-refractivity contribution in [3.8, 4) is 0 Å². The van der Waals surface area contributed by atoms with Crippen LogP contribution in [0.5, 0.6) is 0 Å².